The van der Waals surface area contributed by atoms with Crippen LogP contribution in [0.15, 0.2) is 0 Å². The van der Waals surface area contributed by atoms with Crippen LogP contribution in [0.1, 0.15) is 44.9 Å². The van der Waals surface area contributed by atoms with Gasteiger partial charge >= 0.3 is 5.97 Å². The highest BCUT2D eigenvalue weighted by molar-refractivity contribution is 6.20. The highest BCUT2D eigenvalue weighted by Gasteiger charge is 2.44. The molecule has 2 rings (SSSR count). The van der Waals surface area contributed by atoms with Crippen molar-refractivity contribution in [1.29, 1.82) is 0 Å². The van der Waals surface area contributed by atoms with E-state index in [9.17, 15) is 4.79 Å². The summed E-state index contributed by atoms with van der Waals surface area (Å²) in [5.74, 6) is 0.750. The first-order valence-electron chi connectivity index (χ1n) is 6.08. The van der Waals surface area contributed by atoms with E-state index in [1.54, 1.807) is 0 Å². The van der Waals surface area contributed by atoms with E-state index in [4.69, 9.17) is 27.9 Å². The molecular formula is C12H18Cl2O2. The Labute approximate surface area is 107 Å². The first kappa shape index (κ1) is 12.5. The van der Waals surface area contributed by atoms with Gasteiger partial charge in [-0.15, -0.1) is 23.2 Å². The minimum absolute atomic E-state index is 0.0834. The molecule has 1 aliphatic heterocycles. The van der Waals surface area contributed by atoms with E-state index in [2.05, 4.69) is 0 Å². The molecule has 0 radical (unpaired) electrons. The van der Waals surface area contributed by atoms with Crippen molar-refractivity contribution in [2.75, 3.05) is 5.88 Å². The summed E-state index contributed by atoms with van der Waals surface area (Å²) in [6.45, 7) is 0. The van der Waals surface area contributed by atoms with Gasteiger partial charge in [0.15, 0.2) is 0 Å². The first-order chi connectivity index (χ1) is 7.66. The van der Waals surface area contributed by atoms with E-state index in [0.717, 1.165) is 38.5 Å². The molecule has 0 spiro atoms. The number of hydrogen-bond acceptors (Lipinski definition) is 2. The van der Waals surface area contributed by atoms with Crippen LogP contribution in [0.4, 0.5) is 0 Å². The number of hydrogen-bond donors (Lipinski definition) is 0. The van der Waals surface area contributed by atoms with E-state index >= 15 is 0 Å². The average molecular weight is 265 g/mol. The first-order valence-corrected chi connectivity index (χ1v) is 7.05. The van der Waals surface area contributed by atoms with E-state index < -0.39 is 5.60 Å². The molecule has 1 saturated heterocycles. The lowest BCUT2D eigenvalue weighted by molar-refractivity contribution is -0.173. The molecule has 0 amide bonds. The van der Waals surface area contributed by atoms with Crippen LogP contribution in [-0.2, 0) is 9.53 Å². The molecule has 1 atom stereocenters. The number of halogens is 2. The van der Waals surface area contributed by atoms with Crippen LogP contribution in [0.25, 0.3) is 0 Å². The van der Waals surface area contributed by atoms with Crippen LogP contribution in [0, 0.1) is 5.92 Å². The summed E-state index contributed by atoms with van der Waals surface area (Å²) in [5, 5.41) is 0.294. The van der Waals surface area contributed by atoms with E-state index in [1.807, 2.05) is 0 Å². The normalized spacial score (nSPS) is 40.5. The molecule has 1 saturated carbocycles. The van der Waals surface area contributed by atoms with Crippen molar-refractivity contribution in [2.24, 2.45) is 5.92 Å². The topological polar surface area (TPSA) is 26.3 Å². The molecule has 2 fully saturated rings. The van der Waals surface area contributed by atoms with Gasteiger partial charge in [0, 0.05) is 17.7 Å². The van der Waals surface area contributed by atoms with Crippen molar-refractivity contribution in [3.63, 3.8) is 0 Å². The Bertz CT molecular complexity index is 262. The largest absolute Gasteiger partial charge is 0.457 e. The number of alkyl halides is 2. The van der Waals surface area contributed by atoms with Crippen molar-refractivity contribution in [3.8, 4) is 0 Å². The summed E-state index contributed by atoms with van der Waals surface area (Å²) in [6.07, 6.45) is 6.48. The SMILES string of the molecule is O=C1CCCC(CCl)(C2CCC(Cl)CC2)O1. The standard InChI is InChI=1S/C12H18Cl2O2/c13-8-12(7-1-2-11(15)16-12)9-3-5-10(14)6-4-9/h9-10H,1-8H2. The fraction of sp³-hybridized carbons (Fsp3) is 0.917. The second-order valence-corrected chi connectivity index (χ2v) is 5.86. The predicted octanol–water partition coefficient (Wildman–Crippen LogP) is 3.49. The van der Waals surface area contributed by atoms with Gasteiger partial charge in [-0.2, -0.15) is 0 Å². The molecule has 0 bridgehead atoms. The quantitative estimate of drug-likeness (QED) is 0.564. The van der Waals surface area contributed by atoms with Crippen LogP contribution >= 0.6 is 23.2 Å². The maximum atomic E-state index is 11.4. The summed E-state index contributed by atoms with van der Waals surface area (Å²) in [4.78, 5) is 11.4. The average Bonchev–Trinajstić information content (AvgIpc) is 2.29. The third kappa shape index (κ3) is 2.48. The third-order valence-electron chi connectivity index (χ3n) is 3.92. The van der Waals surface area contributed by atoms with Gasteiger partial charge in [-0.05, 0) is 38.5 Å². The molecule has 16 heavy (non-hydrogen) atoms. The van der Waals surface area contributed by atoms with Crippen LogP contribution in [0.3, 0.4) is 0 Å². The maximum absolute atomic E-state index is 11.4. The number of cyclic esters (lactones) is 1. The van der Waals surface area contributed by atoms with Gasteiger partial charge in [-0.25, -0.2) is 0 Å². The molecule has 0 aromatic rings. The molecular weight excluding hydrogens is 247 g/mol. The third-order valence-corrected chi connectivity index (χ3v) is 4.81. The minimum atomic E-state index is -0.395. The Morgan fingerprint density at radius 1 is 1.31 bits per heavy atom. The lowest BCUT2D eigenvalue weighted by Gasteiger charge is -2.43. The molecule has 1 unspecified atom stereocenters. The molecule has 1 aliphatic carbocycles. The van der Waals surface area contributed by atoms with Crippen LogP contribution in [0.2, 0.25) is 0 Å². The fourth-order valence-electron chi connectivity index (χ4n) is 2.93. The van der Waals surface area contributed by atoms with Crippen molar-refractivity contribution in [1.82, 2.24) is 0 Å². The molecule has 2 aliphatic rings. The zero-order valence-corrected chi connectivity index (χ0v) is 10.9. The highest BCUT2D eigenvalue weighted by Crippen LogP contribution is 2.42. The summed E-state index contributed by atoms with van der Waals surface area (Å²) in [6, 6.07) is 0. The molecule has 2 nitrogen and oxygen atoms in total. The molecule has 92 valence electrons. The molecule has 4 heteroatoms. The maximum Gasteiger partial charge on any atom is 0.306 e. The molecule has 1 heterocycles. The smallest absolute Gasteiger partial charge is 0.306 e. The van der Waals surface area contributed by atoms with E-state index in [1.165, 1.54) is 0 Å². The Hall–Kier alpha value is 0.0500. The van der Waals surface area contributed by atoms with Crippen molar-refractivity contribution >= 4 is 29.2 Å². The minimum Gasteiger partial charge on any atom is -0.457 e. The van der Waals surface area contributed by atoms with Crippen LogP contribution in [-0.4, -0.2) is 22.8 Å². The fourth-order valence-corrected chi connectivity index (χ4v) is 3.59. The van der Waals surface area contributed by atoms with Crippen molar-refractivity contribution in [3.05, 3.63) is 0 Å². The Kier molecular flexibility index (Phi) is 4.01. The number of ether oxygens (including phenoxy) is 1. The number of carbonyl (C=O) groups is 1. The molecule has 0 N–H and O–H groups in total. The Balaban J connectivity index is 2.05. The van der Waals surface area contributed by atoms with Crippen molar-refractivity contribution < 1.29 is 9.53 Å². The number of rotatable bonds is 2. The van der Waals surface area contributed by atoms with Gasteiger partial charge in [0.2, 0.25) is 0 Å². The molecule has 0 aromatic carbocycles. The van der Waals surface area contributed by atoms with Gasteiger partial charge in [0.25, 0.3) is 0 Å². The summed E-state index contributed by atoms with van der Waals surface area (Å²) in [7, 11) is 0. The summed E-state index contributed by atoms with van der Waals surface area (Å²) >= 11 is 12.2. The summed E-state index contributed by atoms with van der Waals surface area (Å²) in [5.41, 5.74) is -0.395. The highest BCUT2D eigenvalue weighted by atomic mass is 35.5. The number of esters is 1. The second kappa shape index (κ2) is 5.14. The van der Waals surface area contributed by atoms with Crippen LogP contribution < -0.4 is 0 Å². The Morgan fingerprint density at radius 2 is 2.00 bits per heavy atom. The van der Waals surface area contributed by atoms with Gasteiger partial charge in [0.1, 0.15) is 5.60 Å². The zero-order valence-electron chi connectivity index (χ0n) is 9.38. The lowest BCUT2D eigenvalue weighted by atomic mass is 9.74. The second-order valence-electron chi connectivity index (χ2n) is 4.97. The zero-order chi connectivity index (χ0) is 11.6. The Morgan fingerprint density at radius 3 is 2.56 bits per heavy atom. The van der Waals surface area contributed by atoms with Gasteiger partial charge in [-0.1, -0.05) is 0 Å². The summed E-state index contributed by atoms with van der Waals surface area (Å²) < 4.78 is 5.58. The van der Waals surface area contributed by atoms with Crippen LogP contribution in [0.5, 0.6) is 0 Å². The van der Waals surface area contributed by atoms with Gasteiger partial charge < -0.3 is 4.74 Å². The monoisotopic (exact) mass is 264 g/mol. The van der Waals surface area contributed by atoms with E-state index in [-0.39, 0.29) is 5.97 Å². The lowest BCUT2D eigenvalue weighted by Crippen LogP contribution is -2.48. The van der Waals surface area contributed by atoms with Crippen molar-refractivity contribution in [2.45, 2.75) is 55.9 Å². The van der Waals surface area contributed by atoms with Gasteiger partial charge in [-0.3, -0.25) is 4.79 Å². The predicted molar refractivity (Wildman–Crippen MR) is 65.0 cm³/mol. The molecule has 0 aromatic heterocycles. The van der Waals surface area contributed by atoms with E-state index in [0.29, 0.717) is 23.6 Å². The van der Waals surface area contributed by atoms with Gasteiger partial charge in [0.05, 0.1) is 5.88 Å². The number of carbonyl (C=O) groups excluding carboxylic acids is 1.